The second-order valence-corrected chi connectivity index (χ2v) is 4.77. The van der Waals surface area contributed by atoms with E-state index in [4.69, 9.17) is 16.3 Å². The number of hydrogen-bond donors (Lipinski definition) is 1. The fourth-order valence-corrected chi connectivity index (χ4v) is 2.12. The summed E-state index contributed by atoms with van der Waals surface area (Å²) in [4.78, 5) is 24.8. The predicted molar refractivity (Wildman–Crippen MR) is 72.4 cm³/mol. The third-order valence-electron chi connectivity index (χ3n) is 2.87. The Bertz CT molecular complexity index is 473. The van der Waals surface area contributed by atoms with E-state index in [0.29, 0.717) is 23.8 Å². The summed E-state index contributed by atoms with van der Waals surface area (Å²) in [5.41, 5.74) is 0.490. The van der Waals surface area contributed by atoms with Crippen LogP contribution in [0.4, 0.5) is 15.3 Å². The van der Waals surface area contributed by atoms with E-state index in [-0.39, 0.29) is 0 Å². The number of hydrogen-bond acceptors (Lipinski definition) is 3. The van der Waals surface area contributed by atoms with E-state index in [1.54, 1.807) is 29.2 Å². The maximum absolute atomic E-state index is 11.7. The van der Waals surface area contributed by atoms with Gasteiger partial charge in [-0.15, -0.1) is 0 Å². The van der Waals surface area contributed by atoms with Crippen LogP contribution >= 0.6 is 11.6 Å². The number of nitrogens with zero attached hydrogens (tertiary/aromatic N) is 1. The Hall–Kier alpha value is -1.75. The molecule has 5 nitrogen and oxygen atoms in total. The normalized spacial score (nSPS) is 14.9. The zero-order chi connectivity index (χ0) is 13.7. The Morgan fingerprint density at radius 1 is 1.21 bits per heavy atom. The monoisotopic (exact) mass is 282 g/mol. The molecule has 1 aromatic carbocycles. The number of piperidine rings is 1. The lowest BCUT2D eigenvalue weighted by molar-refractivity contribution is 0.117. The van der Waals surface area contributed by atoms with Crippen LogP contribution in [0.2, 0.25) is 5.02 Å². The minimum absolute atomic E-state index is 0.490. The third kappa shape index (κ3) is 4.13. The molecule has 19 heavy (non-hydrogen) atoms. The number of carbonyl (C=O) groups excluding carboxylic acids is 2. The molecule has 1 N–H and O–H groups in total. The van der Waals surface area contributed by atoms with E-state index in [9.17, 15) is 9.59 Å². The topological polar surface area (TPSA) is 58.6 Å². The molecule has 0 saturated carbocycles. The van der Waals surface area contributed by atoms with Crippen LogP contribution in [0.1, 0.15) is 19.3 Å². The maximum atomic E-state index is 11.7. The van der Waals surface area contributed by atoms with Crippen LogP contribution in [0.15, 0.2) is 24.3 Å². The fraction of sp³-hybridized carbons (Fsp3) is 0.385. The van der Waals surface area contributed by atoms with Crippen molar-refractivity contribution in [1.82, 2.24) is 4.90 Å². The maximum Gasteiger partial charge on any atom is 0.420 e. The van der Waals surface area contributed by atoms with Crippen LogP contribution in [0.3, 0.4) is 0 Å². The third-order valence-corrected chi connectivity index (χ3v) is 3.10. The first-order valence-electron chi connectivity index (χ1n) is 6.18. The van der Waals surface area contributed by atoms with Crippen molar-refractivity contribution in [2.75, 3.05) is 18.4 Å². The predicted octanol–water partition coefficient (Wildman–Crippen LogP) is 3.49. The van der Waals surface area contributed by atoms with Gasteiger partial charge >= 0.3 is 12.2 Å². The van der Waals surface area contributed by atoms with Crippen LogP contribution in [0.25, 0.3) is 0 Å². The largest absolute Gasteiger partial charge is 0.420 e. The van der Waals surface area contributed by atoms with E-state index in [1.165, 1.54) is 0 Å². The molecule has 1 aliphatic rings. The highest BCUT2D eigenvalue weighted by Gasteiger charge is 2.20. The van der Waals surface area contributed by atoms with E-state index < -0.39 is 12.2 Å². The van der Waals surface area contributed by atoms with E-state index >= 15 is 0 Å². The summed E-state index contributed by atoms with van der Waals surface area (Å²) in [6.45, 7) is 1.28. The van der Waals surface area contributed by atoms with Gasteiger partial charge in [0.05, 0.1) is 0 Å². The van der Waals surface area contributed by atoms with Crippen LogP contribution in [0, 0.1) is 0 Å². The molecule has 0 aromatic heterocycles. The molecule has 2 amide bonds. The fourth-order valence-electron chi connectivity index (χ4n) is 1.93. The Balaban J connectivity index is 1.85. The zero-order valence-electron chi connectivity index (χ0n) is 10.4. The second-order valence-electron chi connectivity index (χ2n) is 4.34. The first-order valence-corrected chi connectivity index (χ1v) is 6.56. The summed E-state index contributed by atoms with van der Waals surface area (Å²) in [5.74, 6) is 0. The van der Waals surface area contributed by atoms with Crippen LogP contribution < -0.4 is 5.32 Å². The lowest BCUT2D eigenvalue weighted by Gasteiger charge is -2.25. The number of ether oxygens (including phenoxy) is 1. The van der Waals surface area contributed by atoms with Crippen molar-refractivity contribution in [3.8, 4) is 0 Å². The molecular weight excluding hydrogens is 268 g/mol. The molecule has 1 aliphatic heterocycles. The Morgan fingerprint density at radius 3 is 2.63 bits per heavy atom. The van der Waals surface area contributed by atoms with Crippen molar-refractivity contribution in [1.29, 1.82) is 0 Å². The number of benzene rings is 1. The van der Waals surface area contributed by atoms with Crippen molar-refractivity contribution in [3.05, 3.63) is 29.3 Å². The average molecular weight is 283 g/mol. The molecule has 0 unspecified atom stereocenters. The van der Waals surface area contributed by atoms with Gasteiger partial charge in [-0.1, -0.05) is 17.7 Å². The summed E-state index contributed by atoms with van der Waals surface area (Å²) in [6, 6.07) is 6.63. The second kappa shape index (κ2) is 6.43. The molecule has 1 heterocycles. The summed E-state index contributed by atoms with van der Waals surface area (Å²) in [6.07, 6.45) is 1.62. The zero-order valence-corrected chi connectivity index (χ0v) is 11.2. The molecule has 0 bridgehead atoms. The Morgan fingerprint density at radius 2 is 1.95 bits per heavy atom. The molecular formula is C13H15ClN2O3. The van der Waals surface area contributed by atoms with Gasteiger partial charge in [-0.2, -0.15) is 0 Å². The summed E-state index contributed by atoms with van der Waals surface area (Å²) in [5, 5.41) is 2.96. The van der Waals surface area contributed by atoms with Crippen molar-refractivity contribution in [2.24, 2.45) is 0 Å². The number of carbonyl (C=O) groups is 2. The van der Waals surface area contributed by atoms with Crippen LogP contribution in [-0.4, -0.2) is 30.2 Å². The van der Waals surface area contributed by atoms with Gasteiger partial charge in [-0.05, 0) is 37.5 Å². The SMILES string of the molecule is O=C(Nc1cccc(Cl)c1)OC(=O)N1CCCCC1. The lowest BCUT2D eigenvalue weighted by atomic mass is 10.1. The van der Waals surface area contributed by atoms with E-state index in [2.05, 4.69) is 5.32 Å². The van der Waals surface area contributed by atoms with Gasteiger partial charge in [0.15, 0.2) is 0 Å². The molecule has 0 spiro atoms. The Labute approximate surface area is 116 Å². The van der Waals surface area contributed by atoms with Gasteiger partial charge in [0, 0.05) is 23.8 Å². The molecule has 1 fully saturated rings. The van der Waals surface area contributed by atoms with Gasteiger partial charge in [0.2, 0.25) is 0 Å². The summed E-state index contributed by atoms with van der Waals surface area (Å²) in [7, 11) is 0. The molecule has 0 aliphatic carbocycles. The number of anilines is 1. The van der Waals surface area contributed by atoms with Crippen molar-refractivity contribution >= 4 is 29.5 Å². The molecule has 0 atom stereocenters. The van der Waals surface area contributed by atoms with Gasteiger partial charge in [-0.25, -0.2) is 9.59 Å². The minimum Gasteiger partial charge on any atom is -0.359 e. The highest BCUT2D eigenvalue weighted by Crippen LogP contribution is 2.15. The Kier molecular flexibility index (Phi) is 4.63. The number of likely N-dealkylation sites (tertiary alicyclic amines) is 1. The van der Waals surface area contributed by atoms with Gasteiger partial charge in [0.25, 0.3) is 0 Å². The highest BCUT2D eigenvalue weighted by atomic mass is 35.5. The molecule has 1 saturated heterocycles. The van der Waals surface area contributed by atoms with Crippen LogP contribution in [0.5, 0.6) is 0 Å². The van der Waals surface area contributed by atoms with Crippen molar-refractivity contribution in [3.63, 3.8) is 0 Å². The summed E-state index contributed by atoms with van der Waals surface area (Å²) < 4.78 is 4.73. The molecule has 102 valence electrons. The van der Waals surface area contributed by atoms with Crippen molar-refractivity contribution in [2.45, 2.75) is 19.3 Å². The highest BCUT2D eigenvalue weighted by molar-refractivity contribution is 6.30. The smallest absolute Gasteiger partial charge is 0.359 e. The number of halogens is 1. The van der Waals surface area contributed by atoms with Crippen LogP contribution in [-0.2, 0) is 4.74 Å². The number of amides is 2. The molecule has 2 rings (SSSR count). The van der Waals surface area contributed by atoms with Crippen molar-refractivity contribution < 1.29 is 14.3 Å². The quantitative estimate of drug-likeness (QED) is 0.802. The van der Waals surface area contributed by atoms with Gasteiger partial charge < -0.3 is 9.64 Å². The molecule has 1 aromatic rings. The van der Waals surface area contributed by atoms with Gasteiger partial charge in [0.1, 0.15) is 0 Å². The van der Waals surface area contributed by atoms with Gasteiger partial charge in [-0.3, -0.25) is 5.32 Å². The van der Waals surface area contributed by atoms with E-state index in [0.717, 1.165) is 19.3 Å². The molecule has 0 radical (unpaired) electrons. The first kappa shape index (κ1) is 13.7. The lowest BCUT2D eigenvalue weighted by Crippen LogP contribution is -2.37. The standard InChI is InChI=1S/C13H15ClN2O3/c14-10-5-4-6-11(9-10)15-12(17)19-13(18)16-7-2-1-3-8-16/h4-6,9H,1-3,7-8H2,(H,15,17). The van der Waals surface area contributed by atoms with E-state index in [1.807, 2.05) is 0 Å². The number of nitrogens with one attached hydrogen (secondary N) is 1. The molecule has 6 heteroatoms. The minimum atomic E-state index is -0.794. The number of rotatable bonds is 1. The summed E-state index contributed by atoms with van der Waals surface area (Å²) >= 11 is 5.79. The first-order chi connectivity index (χ1) is 9.15. The average Bonchev–Trinajstić information content (AvgIpc) is 2.39.